The third-order valence-corrected chi connectivity index (χ3v) is 4.94. The molecule has 6 heteroatoms. The summed E-state index contributed by atoms with van der Waals surface area (Å²) in [4.78, 5) is 0. The van der Waals surface area contributed by atoms with E-state index in [1.54, 1.807) is 13.8 Å². The van der Waals surface area contributed by atoms with Gasteiger partial charge in [-0.2, -0.15) is 0 Å². The zero-order chi connectivity index (χ0) is 15.4. The summed E-state index contributed by atoms with van der Waals surface area (Å²) in [6.45, 7) is 8.34. The van der Waals surface area contributed by atoms with Crippen molar-refractivity contribution in [1.82, 2.24) is 0 Å². The largest absolute Gasteiger partial charge is 0.501 e. The Kier molecular flexibility index (Phi) is 11.1. The molecule has 0 aromatic rings. The van der Waals surface area contributed by atoms with Crippen molar-refractivity contribution in [1.29, 1.82) is 0 Å². The summed E-state index contributed by atoms with van der Waals surface area (Å²) < 4.78 is 28.5. The molecular formula is C14H29O5P. The second-order valence-electron chi connectivity index (χ2n) is 4.34. The van der Waals surface area contributed by atoms with Crippen molar-refractivity contribution in [2.75, 3.05) is 19.8 Å². The summed E-state index contributed by atoms with van der Waals surface area (Å²) >= 11 is 0. The molecule has 1 atom stereocenters. The molecule has 0 amide bonds. The molecule has 0 heterocycles. The van der Waals surface area contributed by atoms with E-state index < -0.39 is 13.7 Å². The third-order valence-electron chi connectivity index (χ3n) is 2.71. The standard InChI is InChI=1S/C14H29O5P/c1-5-9-10-11-13(15)14(12-17-6-2)20(16,18-7-3)19-8-4/h12-13,15H,5-11H2,1-4H3/b14-12+. The normalized spacial score (nSPS) is 14.3. The number of aliphatic hydroxyl groups is 1. The maximum atomic E-state index is 12.7. The Morgan fingerprint density at radius 1 is 1.10 bits per heavy atom. The molecule has 1 unspecified atom stereocenters. The lowest BCUT2D eigenvalue weighted by atomic mass is 10.1. The quantitative estimate of drug-likeness (QED) is 0.334. The van der Waals surface area contributed by atoms with E-state index in [1.165, 1.54) is 6.26 Å². The van der Waals surface area contributed by atoms with E-state index in [-0.39, 0.29) is 18.5 Å². The summed E-state index contributed by atoms with van der Waals surface area (Å²) in [5, 5.41) is 10.5. The molecule has 0 saturated carbocycles. The van der Waals surface area contributed by atoms with Crippen molar-refractivity contribution in [3.05, 3.63) is 11.6 Å². The number of rotatable bonds is 12. The predicted octanol–water partition coefficient (Wildman–Crippen LogP) is 4.07. The maximum Gasteiger partial charge on any atom is 0.363 e. The van der Waals surface area contributed by atoms with Gasteiger partial charge in [-0.1, -0.05) is 26.2 Å². The number of ether oxygens (including phenoxy) is 1. The first kappa shape index (κ1) is 19.7. The van der Waals surface area contributed by atoms with Crippen LogP contribution in [0.25, 0.3) is 0 Å². The van der Waals surface area contributed by atoms with Crippen LogP contribution >= 0.6 is 7.60 Å². The van der Waals surface area contributed by atoms with Gasteiger partial charge in [0.1, 0.15) is 5.31 Å². The van der Waals surface area contributed by atoms with Gasteiger partial charge < -0.3 is 18.9 Å². The summed E-state index contributed by atoms with van der Waals surface area (Å²) in [6.07, 6.45) is 3.94. The Bertz CT molecular complexity index is 307. The minimum Gasteiger partial charge on any atom is -0.501 e. The highest BCUT2D eigenvalue weighted by Crippen LogP contribution is 2.57. The Morgan fingerprint density at radius 3 is 2.15 bits per heavy atom. The van der Waals surface area contributed by atoms with E-state index in [2.05, 4.69) is 6.92 Å². The van der Waals surface area contributed by atoms with Gasteiger partial charge in [0.25, 0.3) is 0 Å². The SMILES string of the molecule is CCCCCC(O)/C(=C\OCC)P(=O)(OCC)OCC. The average Bonchev–Trinajstić information content (AvgIpc) is 2.40. The minimum atomic E-state index is -3.48. The zero-order valence-corrected chi connectivity index (χ0v) is 14.0. The summed E-state index contributed by atoms with van der Waals surface area (Å²) in [5.74, 6) is 0. The van der Waals surface area contributed by atoms with Crippen molar-refractivity contribution in [3.8, 4) is 0 Å². The molecule has 0 rings (SSSR count). The van der Waals surface area contributed by atoms with Crippen LogP contribution in [0.5, 0.6) is 0 Å². The van der Waals surface area contributed by atoms with Crippen LogP contribution in [-0.2, 0) is 18.3 Å². The molecule has 0 aromatic carbocycles. The van der Waals surface area contributed by atoms with Crippen LogP contribution in [0.4, 0.5) is 0 Å². The van der Waals surface area contributed by atoms with E-state index in [0.717, 1.165) is 19.3 Å². The van der Waals surface area contributed by atoms with Gasteiger partial charge in [0.05, 0.1) is 32.2 Å². The smallest absolute Gasteiger partial charge is 0.363 e. The lowest BCUT2D eigenvalue weighted by Crippen LogP contribution is -2.14. The Hall–Kier alpha value is -0.350. The average molecular weight is 308 g/mol. The Balaban J connectivity index is 5.04. The summed E-state index contributed by atoms with van der Waals surface area (Å²) in [7, 11) is -3.48. The molecule has 0 aromatic heterocycles. The predicted molar refractivity (Wildman–Crippen MR) is 80.7 cm³/mol. The van der Waals surface area contributed by atoms with E-state index in [4.69, 9.17) is 13.8 Å². The number of hydrogen-bond acceptors (Lipinski definition) is 5. The van der Waals surface area contributed by atoms with Crippen LogP contribution in [0.15, 0.2) is 11.6 Å². The van der Waals surface area contributed by atoms with Crippen LogP contribution in [0.2, 0.25) is 0 Å². The van der Waals surface area contributed by atoms with Crippen LogP contribution < -0.4 is 0 Å². The van der Waals surface area contributed by atoms with Gasteiger partial charge in [0.15, 0.2) is 0 Å². The highest BCUT2D eigenvalue weighted by molar-refractivity contribution is 7.58. The van der Waals surface area contributed by atoms with Crippen LogP contribution in [0.3, 0.4) is 0 Å². The summed E-state index contributed by atoms with van der Waals surface area (Å²) in [6, 6.07) is 0. The molecule has 0 aliphatic carbocycles. The Labute approximate surface area is 122 Å². The van der Waals surface area contributed by atoms with E-state index in [1.807, 2.05) is 6.92 Å². The molecule has 0 aliphatic rings. The van der Waals surface area contributed by atoms with Crippen molar-refractivity contribution in [2.45, 2.75) is 59.5 Å². The highest BCUT2D eigenvalue weighted by Gasteiger charge is 2.34. The fourth-order valence-corrected chi connectivity index (χ4v) is 3.51. The minimum absolute atomic E-state index is 0.221. The monoisotopic (exact) mass is 308 g/mol. The van der Waals surface area contributed by atoms with Crippen molar-refractivity contribution in [3.63, 3.8) is 0 Å². The van der Waals surface area contributed by atoms with Gasteiger partial charge in [-0.05, 0) is 27.2 Å². The molecule has 1 N–H and O–H groups in total. The number of aliphatic hydroxyl groups excluding tert-OH is 1. The lowest BCUT2D eigenvalue weighted by Gasteiger charge is -2.23. The van der Waals surface area contributed by atoms with Gasteiger partial charge in [0, 0.05) is 0 Å². The lowest BCUT2D eigenvalue weighted by molar-refractivity contribution is 0.172. The topological polar surface area (TPSA) is 65.0 Å². The molecule has 0 radical (unpaired) electrons. The first-order valence-electron chi connectivity index (χ1n) is 7.45. The molecule has 5 nitrogen and oxygen atoms in total. The fraction of sp³-hybridized carbons (Fsp3) is 0.857. The van der Waals surface area contributed by atoms with Crippen molar-refractivity contribution >= 4 is 7.60 Å². The Morgan fingerprint density at radius 2 is 1.70 bits per heavy atom. The van der Waals surface area contributed by atoms with E-state index in [0.29, 0.717) is 13.0 Å². The van der Waals surface area contributed by atoms with Gasteiger partial charge in [0.2, 0.25) is 0 Å². The molecule has 0 saturated heterocycles. The zero-order valence-electron chi connectivity index (χ0n) is 13.1. The van der Waals surface area contributed by atoms with Gasteiger partial charge >= 0.3 is 7.60 Å². The van der Waals surface area contributed by atoms with Crippen LogP contribution in [-0.4, -0.2) is 31.0 Å². The first-order valence-corrected chi connectivity index (χ1v) is 8.99. The maximum absolute atomic E-state index is 12.7. The molecule has 0 fully saturated rings. The van der Waals surface area contributed by atoms with Crippen molar-refractivity contribution in [2.24, 2.45) is 0 Å². The molecule has 0 aliphatic heterocycles. The highest BCUT2D eigenvalue weighted by atomic mass is 31.2. The van der Waals surface area contributed by atoms with E-state index >= 15 is 0 Å². The van der Waals surface area contributed by atoms with Crippen LogP contribution in [0.1, 0.15) is 53.4 Å². The second kappa shape index (κ2) is 11.3. The van der Waals surface area contributed by atoms with E-state index in [9.17, 15) is 9.67 Å². The number of unbranched alkanes of at least 4 members (excludes halogenated alkanes) is 2. The molecule has 120 valence electrons. The van der Waals surface area contributed by atoms with Crippen molar-refractivity contribution < 1.29 is 23.5 Å². The fourth-order valence-electron chi connectivity index (χ4n) is 1.76. The molecule has 20 heavy (non-hydrogen) atoms. The molecular weight excluding hydrogens is 279 g/mol. The number of hydrogen-bond donors (Lipinski definition) is 1. The van der Waals surface area contributed by atoms with Gasteiger partial charge in [-0.3, -0.25) is 4.57 Å². The first-order chi connectivity index (χ1) is 9.55. The molecule has 0 spiro atoms. The van der Waals surface area contributed by atoms with Gasteiger partial charge in [-0.15, -0.1) is 0 Å². The summed E-state index contributed by atoms with van der Waals surface area (Å²) in [5.41, 5.74) is 0. The second-order valence-corrected chi connectivity index (χ2v) is 6.37. The van der Waals surface area contributed by atoms with Gasteiger partial charge in [-0.25, -0.2) is 0 Å². The van der Waals surface area contributed by atoms with Crippen LogP contribution in [0, 0.1) is 0 Å². The molecule has 0 bridgehead atoms. The third kappa shape index (κ3) is 6.89.